The van der Waals surface area contributed by atoms with Crippen LogP contribution in [0.25, 0.3) is 0 Å². The first-order valence-electron chi connectivity index (χ1n) is 8.99. The number of anilines is 1. The van der Waals surface area contributed by atoms with E-state index < -0.39 is 0 Å². The van der Waals surface area contributed by atoms with Gasteiger partial charge in [0.15, 0.2) is 0 Å². The number of nitro benzene ring substituents is 1. The van der Waals surface area contributed by atoms with Crippen molar-refractivity contribution in [2.24, 2.45) is 5.92 Å². The number of nitrogens with zero attached hydrogens (tertiary/aromatic N) is 2. The zero-order valence-electron chi connectivity index (χ0n) is 15.5. The average Bonchev–Trinajstić information content (AvgIpc) is 3.40. The summed E-state index contributed by atoms with van der Waals surface area (Å²) in [7, 11) is 1.36. The number of carbonyl (C=O) groups is 1. The van der Waals surface area contributed by atoms with Crippen molar-refractivity contribution >= 4 is 17.3 Å². The third-order valence-corrected chi connectivity index (χ3v) is 4.89. The van der Waals surface area contributed by atoms with E-state index in [-0.39, 0.29) is 35.0 Å². The minimum absolute atomic E-state index is 0.0730. The van der Waals surface area contributed by atoms with Crippen LogP contribution in [0, 0.1) is 16.0 Å². The molecule has 1 unspecified atom stereocenters. The number of esters is 1. The van der Waals surface area contributed by atoms with Crippen molar-refractivity contribution in [1.82, 2.24) is 0 Å². The summed E-state index contributed by atoms with van der Waals surface area (Å²) >= 11 is 0. The number of methoxy groups -OCH3 is 1. The number of nitro groups is 1. The molecule has 0 heterocycles. The molecule has 25 heavy (non-hydrogen) atoms. The van der Waals surface area contributed by atoms with E-state index in [1.54, 1.807) is 6.07 Å². The summed E-state index contributed by atoms with van der Waals surface area (Å²) in [5, 5.41) is 11.7. The Morgan fingerprint density at radius 3 is 2.56 bits per heavy atom. The standard InChI is InChI=1S/C19H28N2O4/c1-5-15(11-19(22)25-4)16-8-9-17(18(10-16)21(23)24)20(13(2)3)12-14-6-7-14/h8-10,13-15H,5-7,11-12H2,1-4H3. The number of carbonyl (C=O) groups excluding carboxylic acids is 1. The van der Waals surface area contributed by atoms with E-state index in [0.717, 1.165) is 18.5 Å². The summed E-state index contributed by atoms with van der Waals surface area (Å²) in [6.45, 7) is 6.95. The summed E-state index contributed by atoms with van der Waals surface area (Å²) in [6.07, 6.45) is 3.36. The molecule has 1 aliphatic rings. The Morgan fingerprint density at radius 1 is 1.40 bits per heavy atom. The zero-order chi connectivity index (χ0) is 18.6. The van der Waals surface area contributed by atoms with Crippen LogP contribution in [0.2, 0.25) is 0 Å². The third-order valence-electron chi connectivity index (χ3n) is 4.89. The molecule has 2 rings (SSSR count). The second-order valence-electron chi connectivity index (χ2n) is 7.08. The molecule has 138 valence electrons. The molecule has 0 aliphatic heterocycles. The number of hydrogen-bond acceptors (Lipinski definition) is 5. The van der Waals surface area contributed by atoms with Crippen molar-refractivity contribution in [2.45, 2.75) is 58.4 Å². The lowest BCUT2D eigenvalue weighted by atomic mass is 9.92. The van der Waals surface area contributed by atoms with Crippen molar-refractivity contribution in [2.75, 3.05) is 18.6 Å². The van der Waals surface area contributed by atoms with Gasteiger partial charge in [0.25, 0.3) is 5.69 Å². The van der Waals surface area contributed by atoms with Gasteiger partial charge in [0.2, 0.25) is 0 Å². The summed E-state index contributed by atoms with van der Waals surface area (Å²) in [4.78, 5) is 25.1. The highest BCUT2D eigenvalue weighted by molar-refractivity contribution is 5.71. The van der Waals surface area contributed by atoms with Crippen molar-refractivity contribution in [3.05, 3.63) is 33.9 Å². The quantitative estimate of drug-likeness (QED) is 0.378. The zero-order valence-corrected chi connectivity index (χ0v) is 15.5. The van der Waals surface area contributed by atoms with Crippen molar-refractivity contribution < 1.29 is 14.5 Å². The lowest BCUT2D eigenvalue weighted by Crippen LogP contribution is -2.33. The van der Waals surface area contributed by atoms with E-state index in [2.05, 4.69) is 18.7 Å². The minimum atomic E-state index is -0.314. The third kappa shape index (κ3) is 4.94. The monoisotopic (exact) mass is 348 g/mol. The van der Waals surface area contributed by atoms with Gasteiger partial charge in [0, 0.05) is 18.7 Å². The molecule has 1 aromatic carbocycles. The number of ether oxygens (including phenoxy) is 1. The second kappa shape index (κ2) is 8.32. The van der Waals surface area contributed by atoms with Crippen LogP contribution in [-0.4, -0.2) is 30.6 Å². The largest absolute Gasteiger partial charge is 0.469 e. The number of benzene rings is 1. The van der Waals surface area contributed by atoms with Crippen LogP contribution < -0.4 is 4.90 Å². The maximum Gasteiger partial charge on any atom is 0.306 e. The second-order valence-corrected chi connectivity index (χ2v) is 7.08. The van der Waals surface area contributed by atoms with Crippen LogP contribution >= 0.6 is 0 Å². The van der Waals surface area contributed by atoms with E-state index in [1.807, 2.05) is 19.1 Å². The lowest BCUT2D eigenvalue weighted by Gasteiger charge is -2.29. The molecule has 0 aromatic heterocycles. The molecule has 1 saturated carbocycles. The van der Waals surface area contributed by atoms with Gasteiger partial charge in [-0.3, -0.25) is 14.9 Å². The molecule has 0 N–H and O–H groups in total. The Labute approximate surface area is 149 Å². The van der Waals surface area contributed by atoms with Crippen molar-refractivity contribution in [1.29, 1.82) is 0 Å². The van der Waals surface area contributed by atoms with E-state index >= 15 is 0 Å². The molecule has 1 atom stereocenters. The molecule has 0 spiro atoms. The molecular weight excluding hydrogens is 320 g/mol. The predicted octanol–water partition coefficient (Wildman–Crippen LogP) is 4.28. The molecule has 0 bridgehead atoms. The van der Waals surface area contributed by atoms with Gasteiger partial charge in [-0.2, -0.15) is 0 Å². The van der Waals surface area contributed by atoms with Crippen molar-refractivity contribution in [3.8, 4) is 0 Å². The normalized spacial score (nSPS) is 15.1. The lowest BCUT2D eigenvalue weighted by molar-refractivity contribution is -0.384. The molecular formula is C19H28N2O4. The van der Waals surface area contributed by atoms with E-state index in [0.29, 0.717) is 11.6 Å². The SMILES string of the molecule is CCC(CC(=O)OC)c1ccc(N(CC2CC2)C(C)C)c([N+](=O)[O-])c1. The molecule has 1 fully saturated rings. The molecule has 0 saturated heterocycles. The van der Waals surface area contributed by atoms with Gasteiger partial charge in [0.1, 0.15) is 5.69 Å². The van der Waals surface area contributed by atoms with Crippen LogP contribution in [-0.2, 0) is 9.53 Å². The van der Waals surface area contributed by atoms with E-state index in [9.17, 15) is 14.9 Å². The van der Waals surface area contributed by atoms with Crippen LogP contribution in [0.15, 0.2) is 18.2 Å². The molecule has 0 amide bonds. The first kappa shape index (κ1) is 19.2. The smallest absolute Gasteiger partial charge is 0.306 e. The maximum absolute atomic E-state index is 11.7. The Kier molecular flexibility index (Phi) is 6.39. The van der Waals surface area contributed by atoms with Gasteiger partial charge in [-0.15, -0.1) is 0 Å². The van der Waals surface area contributed by atoms with Crippen LogP contribution in [0.5, 0.6) is 0 Å². The van der Waals surface area contributed by atoms with Gasteiger partial charge < -0.3 is 9.64 Å². The van der Waals surface area contributed by atoms with Crippen LogP contribution in [0.1, 0.15) is 57.9 Å². The molecule has 6 heteroatoms. The Hall–Kier alpha value is -2.11. The fourth-order valence-corrected chi connectivity index (χ4v) is 3.13. The van der Waals surface area contributed by atoms with Gasteiger partial charge in [-0.05, 0) is 56.6 Å². The summed E-state index contributed by atoms with van der Waals surface area (Å²) in [5.41, 5.74) is 1.61. The summed E-state index contributed by atoms with van der Waals surface area (Å²) in [5.74, 6) is 0.275. The molecule has 1 aliphatic carbocycles. The fraction of sp³-hybridized carbons (Fsp3) is 0.632. The van der Waals surface area contributed by atoms with Crippen LogP contribution in [0.3, 0.4) is 0 Å². The van der Waals surface area contributed by atoms with Crippen molar-refractivity contribution in [3.63, 3.8) is 0 Å². The molecule has 6 nitrogen and oxygen atoms in total. The highest BCUT2D eigenvalue weighted by atomic mass is 16.6. The fourth-order valence-electron chi connectivity index (χ4n) is 3.13. The van der Waals surface area contributed by atoms with Crippen LogP contribution in [0.4, 0.5) is 11.4 Å². The average molecular weight is 348 g/mol. The highest BCUT2D eigenvalue weighted by Crippen LogP contribution is 2.38. The van der Waals surface area contributed by atoms with Gasteiger partial charge in [-0.1, -0.05) is 13.0 Å². The first-order valence-corrected chi connectivity index (χ1v) is 8.99. The van der Waals surface area contributed by atoms with Gasteiger partial charge >= 0.3 is 5.97 Å². The molecule has 1 aromatic rings. The topological polar surface area (TPSA) is 72.7 Å². The first-order chi connectivity index (χ1) is 11.9. The summed E-state index contributed by atoms with van der Waals surface area (Å²) < 4.78 is 4.74. The maximum atomic E-state index is 11.7. The molecule has 0 radical (unpaired) electrons. The Morgan fingerprint density at radius 2 is 2.08 bits per heavy atom. The predicted molar refractivity (Wildman–Crippen MR) is 98.0 cm³/mol. The number of rotatable bonds is 9. The number of hydrogen-bond donors (Lipinski definition) is 0. The van der Waals surface area contributed by atoms with E-state index in [4.69, 9.17) is 4.74 Å². The van der Waals surface area contributed by atoms with Gasteiger partial charge in [-0.25, -0.2) is 0 Å². The van der Waals surface area contributed by atoms with Gasteiger partial charge in [0.05, 0.1) is 18.5 Å². The highest BCUT2D eigenvalue weighted by Gasteiger charge is 2.30. The minimum Gasteiger partial charge on any atom is -0.469 e. The Bertz CT molecular complexity index is 626. The summed E-state index contributed by atoms with van der Waals surface area (Å²) in [6, 6.07) is 5.59. The Balaban J connectivity index is 2.35. The van der Waals surface area contributed by atoms with E-state index in [1.165, 1.54) is 20.0 Å².